The number of nitrogens with one attached hydrogen (secondary N) is 1. The van der Waals surface area contributed by atoms with E-state index in [0.717, 1.165) is 29.9 Å². The maximum atomic E-state index is 4.40. The highest BCUT2D eigenvalue weighted by molar-refractivity contribution is 5.72. The fourth-order valence-corrected chi connectivity index (χ4v) is 3.10. The summed E-state index contributed by atoms with van der Waals surface area (Å²) >= 11 is 0. The number of anilines is 1. The number of nitrogens with zero attached hydrogens (tertiary/aromatic N) is 3. The van der Waals surface area contributed by atoms with Crippen molar-refractivity contribution in [3.63, 3.8) is 0 Å². The third-order valence-electron chi connectivity index (χ3n) is 4.46. The number of aromatic nitrogens is 2. The Labute approximate surface area is 143 Å². The highest BCUT2D eigenvalue weighted by Crippen LogP contribution is 2.34. The first-order valence-electron chi connectivity index (χ1n) is 8.00. The van der Waals surface area contributed by atoms with Gasteiger partial charge >= 0.3 is 0 Å². The summed E-state index contributed by atoms with van der Waals surface area (Å²) in [7, 11) is 1.92. The topological polar surface area (TPSA) is 41.1 Å². The predicted octanol–water partition coefficient (Wildman–Crippen LogP) is 3.95. The number of hydrogen-bond donors (Lipinski definition) is 1. The number of benzene rings is 1. The van der Waals surface area contributed by atoms with Crippen LogP contribution >= 0.6 is 0 Å². The van der Waals surface area contributed by atoms with Crippen molar-refractivity contribution in [3.05, 3.63) is 79.0 Å². The summed E-state index contributed by atoms with van der Waals surface area (Å²) in [5.41, 5.74) is 6.35. The first-order chi connectivity index (χ1) is 11.6. The van der Waals surface area contributed by atoms with Crippen LogP contribution < -0.4 is 10.2 Å². The van der Waals surface area contributed by atoms with Crippen molar-refractivity contribution in [3.8, 4) is 0 Å². The molecule has 0 bridgehead atoms. The normalized spacial score (nSPS) is 15.5. The summed E-state index contributed by atoms with van der Waals surface area (Å²) in [6.07, 6.45) is 9.05. The molecule has 1 aromatic carbocycles. The number of aryl methyl sites for hydroxylation is 1. The Kier molecular flexibility index (Phi) is 4.47. The fourth-order valence-electron chi connectivity index (χ4n) is 3.10. The van der Waals surface area contributed by atoms with E-state index in [1.165, 1.54) is 16.7 Å². The summed E-state index contributed by atoms with van der Waals surface area (Å²) in [5.74, 6) is 0. The lowest BCUT2D eigenvalue weighted by Crippen LogP contribution is -2.20. The van der Waals surface area contributed by atoms with Gasteiger partial charge in [0.2, 0.25) is 0 Å². The van der Waals surface area contributed by atoms with E-state index in [-0.39, 0.29) is 6.04 Å². The van der Waals surface area contributed by atoms with E-state index in [1.54, 1.807) is 18.7 Å². The van der Waals surface area contributed by atoms with Crippen molar-refractivity contribution in [1.29, 1.82) is 0 Å². The molecule has 0 fully saturated rings. The van der Waals surface area contributed by atoms with Crippen LogP contribution in [0.25, 0.3) is 11.8 Å². The summed E-state index contributed by atoms with van der Waals surface area (Å²) < 4.78 is 0. The average Bonchev–Trinajstić information content (AvgIpc) is 3.02. The largest absolute Gasteiger partial charge is 0.377 e. The van der Waals surface area contributed by atoms with Crippen molar-refractivity contribution < 1.29 is 0 Å². The van der Waals surface area contributed by atoms with Crippen LogP contribution in [-0.4, -0.2) is 17.0 Å². The number of rotatable bonds is 6. The molecule has 0 amide bonds. The lowest BCUT2D eigenvalue weighted by atomic mass is 10.0. The molecule has 24 heavy (non-hydrogen) atoms. The van der Waals surface area contributed by atoms with E-state index in [9.17, 15) is 0 Å². The van der Waals surface area contributed by atoms with Crippen LogP contribution in [0.15, 0.2) is 56.7 Å². The molecule has 1 atom stereocenters. The molecule has 4 nitrogen and oxygen atoms in total. The van der Waals surface area contributed by atoms with Crippen LogP contribution in [0.2, 0.25) is 0 Å². The summed E-state index contributed by atoms with van der Waals surface area (Å²) in [4.78, 5) is 10.4. The highest BCUT2D eigenvalue weighted by Gasteiger charge is 2.23. The van der Waals surface area contributed by atoms with Crippen LogP contribution in [0, 0.1) is 0 Å². The molecule has 1 aromatic heterocycles. The SMILES string of the molecule is C=Cc1ccc2c(c1)CC[C@@H]2NC(=C)c1ncncc1N(C)C=C. The van der Waals surface area contributed by atoms with Crippen molar-refractivity contribution >= 4 is 17.5 Å². The second-order valence-electron chi connectivity index (χ2n) is 5.93. The standard InChI is InChI=1S/C20H22N4/c1-5-15-7-9-17-16(11-15)8-10-18(17)23-14(3)20-19(24(4)6-2)12-21-13-22-20/h5-7,9,11-13,18,23H,1-3,8,10H2,4H3/t18-/m0/s1. The molecule has 122 valence electrons. The van der Waals surface area contributed by atoms with Gasteiger partial charge in [-0.05, 0) is 35.7 Å². The van der Waals surface area contributed by atoms with Gasteiger partial charge in [-0.15, -0.1) is 0 Å². The maximum Gasteiger partial charge on any atom is 0.116 e. The smallest absolute Gasteiger partial charge is 0.116 e. The zero-order valence-electron chi connectivity index (χ0n) is 14.0. The second-order valence-corrected chi connectivity index (χ2v) is 5.93. The van der Waals surface area contributed by atoms with Crippen molar-refractivity contribution in [2.45, 2.75) is 18.9 Å². The van der Waals surface area contributed by atoms with Gasteiger partial charge in [0.05, 0.1) is 23.6 Å². The molecule has 1 heterocycles. The summed E-state index contributed by atoms with van der Waals surface area (Å²) in [6.45, 7) is 11.8. The van der Waals surface area contributed by atoms with Crippen LogP contribution in [0.1, 0.15) is 34.8 Å². The first-order valence-corrected chi connectivity index (χ1v) is 8.00. The van der Waals surface area contributed by atoms with Gasteiger partial charge in [0.25, 0.3) is 0 Å². The Morgan fingerprint density at radius 2 is 2.21 bits per heavy atom. The van der Waals surface area contributed by atoms with E-state index in [1.807, 2.05) is 18.0 Å². The van der Waals surface area contributed by atoms with E-state index < -0.39 is 0 Å². The lowest BCUT2D eigenvalue weighted by Gasteiger charge is -2.21. The lowest BCUT2D eigenvalue weighted by molar-refractivity contribution is 0.627. The van der Waals surface area contributed by atoms with E-state index in [0.29, 0.717) is 0 Å². The first kappa shape index (κ1) is 16.0. The molecular formula is C20H22N4. The molecular weight excluding hydrogens is 296 g/mol. The Balaban J connectivity index is 1.83. The Morgan fingerprint density at radius 1 is 1.38 bits per heavy atom. The van der Waals surface area contributed by atoms with E-state index in [4.69, 9.17) is 0 Å². The van der Waals surface area contributed by atoms with E-state index in [2.05, 4.69) is 53.2 Å². The third-order valence-corrected chi connectivity index (χ3v) is 4.46. The van der Waals surface area contributed by atoms with Gasteiger partial charge < -0.3 is 10.2 Å². The minimum absolute atomic E-state index is 0.253. The van der Waals surface area contributed by atoms with Gasteiger partial charge in [0, 0.05) is 7.05 Å². The molecule has 1 N–H and O–H groups in total. The monoisotopic (exact) mass is 318 g/mol. The Morgan fingerprint density at radius 3 is 2.96 bits per heavy atom. The molecule has 0 spiro atoms. The quantitative estimate of drug-likeness (QED) is 0.875. The van der Waals surface area contributed by atoms with Crippen molar-refractivity contribution in [1.82, 2.24) is 15.3 Å². The summed E-state index contributed by atoms with van der Waals surface area (Å²) in [6, 6.07) is 6.76. The predicted molar refractivity (Wildman–Crippen MR) is 100 cm³/mol. The van der Waals surface area contributed by atoms with Gasteiger partial charge in [-0.25, -0.2) is 9.97 Å². The summed E-state index contributed by atoms with van der Waals surface area (Å²) in [5, 5.41) is 3.54. The minimum Gasteiger partial charge on any atom is -0.377 e. The average molecular weight is 318 g/mol. The Bertz CT molecular complexity index is 794. The molecule has 0 radical (unpaired) electrons. The molecule has 4 heteroatoms. The molecule has 0 aliphatic heterocycles. The molecule has 1 aliphatic carbocycles. The van der Waals surface area contributed by atoms with Crippen LogP contribution in [0.4, 0.5) is 5.69 Å². The molecule has 2 aromatic rings. The number of hydrogen-bond acceptors (Lipinski definition) is 4. The van der Waals surface area contributed by atoms with E-state index >= 15 is 0 Å². The molecule has 0 unspecified atom stereocenters. The van der Waals surface area contributed by atoms with Gasteiger partial charge in [-0.3, -0.25) is 0 Å². The zero-order valence-corrected chi connectivity index (χ0v) is 14.0. The highest BCUT2D eigenvalue weighted by atomic mass is 15.1. The van der Waals surface area contributed by atoms with Crippen LogP contribution in [0.3, 0.4) is 0 Å². The van der Waals surface area contributed by atoms with Gasteiger partial charge in [-0.1, -0.05) is 44.0 Å². The molecule has 1 aliphatic rings. The molecule has 0 saturated carbocycles. The van der Waals surface area contributed by atoms with Crippen molar-refractivity contribution in [2.24, 2.45) is 0 Å². The minimum atomic E-state index is 0.253. The maximum absolute atomic E-state index is 4.40. The fraction of sp³-hybridized carbons (Fsp3) is 0.200. The van der Waals surface area contributed by atoms with Crippen molar-refractivity contribution in [2.75, 3.05) is 11.9 Å². The second kappa shape index (κ2) is 6.71. The number of fused-ring (bicyclic) bond motifs is 1. The van der Waals surface area contributed by atoms with Crippen LogP contribution in [0.5, 0.6) is 0 Å². The Hall–Kier alpha value is -2.88. The van der Waals surface area contributed by atoms with Crippen LogP contribution in [-0.2, 0) is 6.42 Å². The third kappa shape index (κ3) is 2.95. The van der Waals surface area contributed by atoms with Gasteiger partial charge in [0.15, 0.2) is 0 Å². The van der Waals surface area contributed by atoms with Gasteiger partial charge in [0.1, 0.15) is 12.0 Å². The van der Waals surface area contributed by atoms with Gasteiger partial charge in [-0.2, -0.15) is 0 Å². The molecule has 0 saturated heterocycles. The zero-order chi connectivity index (χ0) is 17.1. The molecule has 3 rings (SSSR count).